The summed E-state index contributed by atoms with van der Waals surface area (Å²) in [5, 5.41) is 17.1. The molecule has 210 valence electrons. The number of carboxylic acids is 1. The summed E-state index contributed by atoms with van der Waals surface area (Å²) in [4.78, 5) is 49.9. The molecule has 1 aliphatic rings. The van der Waals surface area contributed by atoms with Gasteiger partial charge in [-0.05, 0) is 53.9 Å². The van der Waals surface area contributed by atoms with E-state index < -0.39 is 42.0 Å². The van der Waals surface area contributed by atoms with Crippen molar-refractivity contribution < 1.29 is 29.0 Å². The van der Waals surface area contributed by atoms with E-state index in [0.29, 0.717) is 6.42 Å². The first-order valence-electron chi connectivity index (χ1n) is 13.4. The van der Waals surface area contributed by atoms with E-state index in [1.165, 1.54) is 6.92 Å². The Kier molecular flexibility index (Phi) is 10.1. The second-order valence-electron chi connectivity index (χ2n) is 10.9. The van der Waals surface area contributed by atoms with Crippen molar-refractivity contribution in [3.8, 4) is 11.1 Å². The zero-order valence-corrected chi connectivity index (χ0v) is 23.2. The van der Waals surface area contributed by atoms with Crippen LogP contribution in [0.1, 0.15) is 64.5 Å². The monoisotopic (exact) mass is 537 g/mol. The highest BCUT2D eigenvalue weighted by molar-refractivity contribution is 5.92. The Morgan fingerprint density at radius 2 is 1.26 bits per heavy atom. The zero-order chi connectivity index (χ0) is 28.7. The molecule has 0 fully saturated rings. The summed E-state index contributed by atoms with van der Waals surface area (Å²) in [6.07, 6.45) is -0.131. The van der Waals surface area contributed by atoms with Crippen LogP contribution in [0.3, 0.4) is 0 Å². The molecule has 0 aromatic heterocycles. The van der Waals surface area contributed by atoms with Gasteiger partial charge in [0.05, 0.1) is 0 Å². The second-order valence-corrected chi connectivity index (χ2v) is 10.9. The van der Waals surface area contributed by atoms with Gasteiger partial charge < -0.3 is 25.8 Å². The number of carbonyl (C=O) groups excluding carboxylic acids is 3. The summed E-state index contributed by atoms with van der Waals surface area (Å²) < 4.78 is 5.60. The molecule has 2 aromatic rings. The lowest BCUT2D eigenvalue weighted by molar-refractivity contribution is -0.142. The minimum atomic E-state index is -1.13. The van der Waals surface area contributed by atoms with Crippen molar-refractivity contribution in [3.05, 3.63) is 59.7 Å². The van der Waals surface area contributed by atoms with Gasteiger partial charge in [-0.15, -0.1) is 0 Å². The number of alkyl carbamates (subject to hydrolysis) is 1. The lowest BCUT2D eigenvalue weighted by Gasteiger charge is -2.24. The lowest BCUT2D eigenvalue weighted by Crippen LogP contribution is -2.55. The number of hydrogen-bond acceptors (Lipinski definition) is 5. The molecule has 3 atom stereocenters. The molecule has 0 saturated heterocycles. The first-order chi connectivity index (χ1) is 18.5. The van der Waals surface area contributed by atoms with E-state index in [1.54, 1.807) is 0 Å². The highest BCUT2D eigenvalue weighted by Crippen LogP contribution is 2.44. The molecular formula is C30H39N3O6. The van der Waals surface area contributed by atoms with Gasteiger partial charge in [0.15, 0.2) is 0 Å². The number of amides is 3. The van der Waals surface area contributed by atoms with Crippen LogP contribution in [0.15, 0.2) is 48.5 Å². The fourth-order valence-electron chi connectivity index (χ4n) is 4.85. The van der Waals surface area contributed by atoms with Crippen molar-refractivity contribution >= 4 is 23.9 Å². The quantitative estimate of drug-likeness (QED) is 0.323. The average Bonchev–Trinajstić information content (AvgIpc) is 3.19. The van der Waals surface area contributed by atoms with Gasteiger partial charge in [0, 0.05) is 5.92 Å². The Labute approximate surface area is 229 Å². The van der Waals surface area contributed by atoms with Crippen LogP contribution in [0, 0.1) is 11.8 Å². The predicted molar refractivity (Wildman–Crippen MR) is 148 cm³/mol. The Hall–Kier alpha value is -3.88. The lowest BCUT2D eigenvalue weighted by atomic mass is 9.98. The van der Waals surface area contributed by atoms with E-state index in [2.05, 4.69) is 28.1 Å². The molecular weight excluding hydrogens is 498 g/mol. The maximum absolute atomic E-state index is 13.0. The summed E-state index contributed by atoms with van der Waals surface area (Å²) in [6.45, 7) is 9.14. The Morgan fingerprint density at radius 3 is 1.77 bits per heavy atom. The number of ether oxygens (including phenoxy) is 1. The van der Waals surface area contributed by atoms with Crippen LogP contribution in [0.2, 0.25) is 0 Å². The minimum Gasteiger partial charge on any atom is -0.480 e. The van der Waals surface area contributed by atoms with Gasteiger partial charge >= 0.3 is 12.1 Å². The van der Waals surface area contributed by atoms with Gasteiger partial charge in [-0.1, -0.05) is 76.2 Å². The zero-order valence-electron chi connectivity index (χ0n) is 23.2. The van der Waals surface area contributed by atoms with E-state index in [1.807, 2.05) is 64.1 Å². The third-order valence-corrected chi connectivity index (χ3v) is 6.73. The van der Waals surface area contributed by atoms with Crippen LogP contribution in [-0.2, 0) is 19.1 Å². The van der Waals surface area contributed by atoms with Gasteiger partial charge in [0.2, 0.25) is 11.8 Å². The SMILES string of the molecule is CC(C)CC(NC(=O)[C@H](C)NC(=O)C(CC(C)C)NC(=O)OCC1c2ccccc2-c2ccccc21)C(=O)O. The number of benzene rings is 2. The molecule has 0 spiro atoms. The van der Waals surface area contributed by atoms with Gasteiger partial charge in [-0.25, -0.2) is 9.59 Å². The largest absolute Gasteiger partial charge is 0.480 e. The molecule has 0 radical (unpaired) electrons. The molecule has 0 bridgehead atoms. The van der Waals surface area contributed by atoms with Crippen LogP contribution in [0.4, 0.5) is 4.79 Å². The summed E-state index contributed by atoms with van der Waals surface area (Å²) >= 11 is 0. The number of carbonyl (C=O) groups is 4. The predicted octanol–water partition coefficient (Wildman–Crippen LogP) is 4.06. The van der Waals surface area contributed by atoms with Crippen LogP contribution >= 0.6 is 0 Å². The van der Waals surface area contributed by atoms with Crippen molar-refractivity contribution in [3.63, 3.8) is 0 Å². The van der Waals surface area contributed by atoms with Crippen molar-refractivity contribution in [2.45, 2.75) is 71.5 Å². The molecule has 0 aliphatic heterocycles. The fraction of sp³-hybridized carbons (Fsp3) is 0.467. The molecule has 0 saturated carbocycles. The molecule has 9 heteroatoms. The van der Waals surface area contributed by atoms with Crippen LogP contribution < -0.4 is 16.0 Å². The number of aliphatic carboxylic acids is 1. The molecule has 9 nitrogen and oxygen atoms in total. The van der Waals surface area contributed by atoms with Crippen LogP contribution in [0.25, 0.3) is 11.1 Å². The Bertz CT molecular complexity index is 1150. The van der Waals surface area contributed by atoms with E-state index in [0.717, 1.165) is 22.3 Å². The van der Waals surface area contributed by atoms with E-state index in [4.69, 9.17) is 4.74 Å². The molecule has 3 amide bonds. The third kappa shape index (κ3) is 7.81. The van der Waals surface area contributed by atoms with Crippen molar-refractivity contribution in [1.82, 2.24) is 16.0 Å². The summed E-state index contributed by atoms with van der Waals surface area (Å²) in [5.41, 5.74) is 4.40. The number of fused-ring (bicyclic) bond motifs is 3. The molecule has 1 aliphatic carbocycles. The van der Waals surface area contributed by atoms with Gasteiger partial charge in [0.25, 0.3) is 0 Å². The topological polar surface area (TPSA) is 134 Å². The minimum absolute atomic E-state index is 0.0631. The standard InChI is InChI=1S/C30H39N3O6/c1-17(2)14-25(28(35)31-19(5)27(34)32-26(29(36)37)15-18(3)4)33-30(38)39-16-24-22-12-8-6-10-20(22)21-11-7-9-13-23(21)24/h6-13,17-19,24-26H,14-16H2,1-5H3,(H,31,35)(H,32,34)(H,33,38)(H,36,37)/t19-,25?,26?/m0/s1. The molecule has 4 N–H and O–H groups in total. The fourth-order valence-corrected chi connectivity index (χ4v) is 4.85. The normalized spacial score (nSPS) is 14.6. The molecule has 3 rings (SSSR count). The van der Waals surface area contributed by atoms with Crippen molar-refractivity contribution in [1.29, 1.82) is 0 Å². The maximum Gasteiger partial charge on any atom is 0.407 e. The van der Waals surface area contributed by atoms with E-state index in [-0.39, 0.29) is 30.8 Å². The molecule has 2 unspecified atom stereocenters. The van der Waals surface area contributed by atoms with Crippen LogP contribution in [-0.4, -0.2) is 53.7 Å². The smallest absolute Gasteiger partial charge is 0.407 e. The summed E-state index contributed by atoms with van der Waals surface area (Å²) in [7, 11) is 0. The molecule has 0 heterocycles. The van der Waals surface area contributed by atoms with Gasteiger partial charge in [-0.3, -0.25) is 9.59 Å². The van der Waals surface area contributed by atoms with Crippen molar-refractivity contribution in [2.24, 2.45) is 11.8 Å². The summed E-state index contributed by atoms with van der Waals surface area (Å²) in [6, 6.07) is 13.1. The first-order valence-corrected chi connectivity index (χ1v) is 13.4. The van der Waals surface area contributed by atoms with Gasteiger partial charge in [0.1, 0.15) is 24.7 Å². The average molecular weight is 538 g/mol. The van der Waals surface area contributed by atoms with E-state index in [9.17, 15) is 24.3 Å². The maximum atomic E-state index is 13.0. The van der Waals surface area contributed by atoms with Crippen LogP contribution in [0.5, 0.6) is 0 Å². The molecule has 2 aromatic carbocycles. The Balaban J connectivity index is 1.61. The third-order valence-electron chi connectivity index (χ3n) is 6.73. The first kappa shape index (κ1) is 29.7. The van der Waals surface area contributed by atoms with E-state index >= 15 is 0 Å². The number of rotatable bonds is 12. The van der Waals surface area contributed by atoms with Gasteiger partial charge in [-0.2, -0.15) is 0 Å². The Morgan fingerprint density at radius 1 is 0.744 bits per heavy atom. The number of carboxylic acid groups (broad SMARTS) is 1. The summed E-state index contributed by atoms with van der Waals surface area (Å²) in [5.74, 6) is -2.27. The highest BCUT2D eigenvalue weighted by atomic mass is 16.5. The number of nitrogens with one attached hydrogen (secondary N) is 3. The number of hydrogen-bond donors (Lipinski definition) is 4. The van der Waals surface area contributed by atoms with Crippen molar-refractivity contribution in [2.75, 3.05) is 6.61 Å². The second kappa shape index (κ2) is 13.3. The molecule has 39 heavy (non-hydrogen) atoms. The highest BCUT2D eigenvalue weighted by Gasteiger charge is 2.31.